The quantitative estimate of drug-likeness (QED) is 0.867. The van der Waals surface area contributed by atoms with Crippen LogP contribution in [0, 0.1) is 11.3 Å². The van der Waals surface area contributed by atoms with Crippen molar-refractivity contribution in [2.75, 3.05) is 44.3 Å². The van der Waals surface area contributed by atoms with E-state index in [1.54, 1.807) is 18.3 Å². The summed E-state index contributed by atoms with van der Waals surface area (Å²) in [7, 11) is 0. The lowest BCUT2D eigenvalue weighted by atomic mass is 9.72. The van der Waals surface area contributed by atoms with E-state index in [1.165, 1.54) is 0 Å². The summed E-state index contributed by atoms with van der Waals surface area (Å²) in [6, 6.07) is 3.61. The lowest BCUT2D eigenvalue weighted by Gasteiger charge is -2.42. The monoisotopic (exact) mass is 376 g/mol. The molecular weight excluding hydrogens is 347 g/mol. The van der Waals surface area contributed by atoms with Crippen LogP contribution in [0.2, 0.25) is 0 Å². The van der Waals surface area contributed by atoms with Crippen LogP contribution in [-0.4, -0.2) is 61.2 Å². The van der Waals surface area contributed by atoms with E-state index >= 15 is 0 Å². The van der Waals surface area contributed by atoms with Crippen LogP contribution in [0.15, 0.2) is 18.3 Å². The lowest BCUT2D eigenvalue weighted by molar-refractivity contribution is -0.146. The third-order valence-electron chi connectivity index (χ3n) is 6.58. The van der Waals surface area contributed by atoms with Gasteiger partial charge in [-0.25, -0.2) is 9.37 Å². The van der Waals surface area contributed by atoms with Gasteiger partial charge in [0.05, 0.1) is 12.0 Å². The van der Waals surface area contributed by atoms with Crippen molar-refractivity contribution in [2.24, 2.45) is 17.1 Å². The van der Waals surface area contributed by atoms with Crippen molar-refractivity contribution in [1.29, 1.82) is 0 Å². The highest BCUT2D eigenvalue weighted by Crippen LogP contribution is 2.48. The number of pyridine rings is 1. The molecule has 3 atom stereocenters. The number of anilines is 1. The first-order chi connectivity index (χ1) is 13.1. The molecule has 0 bridgehead atoms. The smallest absolute Gasteiger partial charge is 0.229 e. The zero-order valence-corrected chi connectivity index (χ0v) is 15.8. The van der Waals surface area contributed by atoms with E-state index in [-0.39, 0.29) is 17.4 Å². The minimum absolute atomic E-state index is 0.114. The first-order valence-corrected chi connectivity index (χ1v) is 10.0. The number of aromatic nitrogens is 1. The summed E-state index contributed by atoms with van der Waals surface area (Å²) in [5.74, 6) is 1.34. The summed E-state index contributed by atoms with van der Waals surface area (Å²) in [4.78, 5) is 22.0. The molecule has 0 spiro atoms. The zero-order valence-electron chi connectivity index (χ0n) is 15.8. The van der Waals surface area contributed by atoms with Crippen molar-refractivity contribution in [3.05, 3.63) is 23.9 Å². The molecule has 3 fully saturated rings. The molecule has 1 aliphatic carbocycles. The molecular formula is C20H29FN4O2. The van der Waals surface area contributed by atoms with Gasteiger partial charge in [0.1, 0.15) is 12.5 Å². The Morgan fingerprint density at radius 1 is 1.33 bits per heavy atom. The van der Waals surface area contributed by atoms with Crippen LogP contribution in [-0.2, 0) is 16.2 Å². The Bertz CT molecular complexity index is 674. The highest BCUT2D eigenvalue weighted by atomic mass is 19.1. The molecule has 2 saturated heterocycles. The van der Waals surface area contributed by atoms with E-state index in [0.29, 0.717) is 31.2 Å². The standard InChI is InChI=1S/C20H29FN4O2/c21-13-15-2-5-23-18(11-15)24-6-8-25(9-7-24)19(26)20(4-1-17(22)12-20)16-3-10-27-14-16/h2,5,11,16-17H,1,3-4,6-10,12-14,22H2/t16?,17-,20+/m1/s1. The average Bonchev–Trinajstić information content (AvgIpc) is 3.38. The maximum Gasteiger partial charge on any atom is 0.229 e. The fraction of sp³-hybridized carbons (Fsp3) is 0.700. The highest BCUT2D eigenvalue weighted by Gasteiger charge is 2.52. The van der Waals surface area contributed by atoms with Gasteiger partial charge in [-0.05, 0) is 49.3 Å². The third-order valence-corrected chi connectivity index (χ3v) is 6.58. The van der Waals surface area contributed by atoms with Gasteiger partial charge in [-0.2, -0.15) is 0 Å². The molecule has 3 aliphatic rings. The SMILES string of the molecule is N[C@@H]1CC[C@@](C(=O)N2CCN(c3cc(CF)ccn3)CC2)(C2CCOC2)C1. The Morgan fingerprint density at radius 2 is 2.15 bits per heavy atom. The van der Waals surface area contributed by atoms with Gasteiger partial charge in [-0.15, -0.1) is 0 Å². The molecule has 6 nitrogen and oxygen atoms in total. The van der Waals surface area contributed by atoms with Crippen LogP contribution in [0.5, 0.6) is 0 Å². The largest absolute Gasteiger partial charge is 0.381 e. The average molecular weight is 376 g/mol. The zero-order chi connectivity index (χ0) is 18.9. The van der Waals surface area contributed by atoms with E-state index in [0.717, 1.165) is 51.2 Å². The molecule has 2 N–H and O–H groups in total. The molecule has 1 unspecified atom stereocenters. The minimum Gasteiger partial charge on any atom is -0.381 e. The van der Waals surface area contributed by atoms with E-state index in [2.05, 4.69) is 9.88 Å². The number of carbonyl (C=O) groups excluding carboxylic acids is 1. The van der Waals surface area contributed by atoms with Crippen LogP contribution in [0.1, 0.15) is 31.2 Å². The van der Waals surface area contributed by atoms with Crippen molar-refractivity contribution < 1.29 is 13.9 Å². The van der Waals surface area contributed by atoms with Gasteiger partial charge in [0.2, 0.25) is 5.91 Å². The van der Waals surface area contributed by atoms with Crippen molar-refractivity contribution in [3.63, 3.8) is 0 Å². The molecule has 3 heterocycles. The predicted octanol–water partition coefficient (Wildman–Crippen LogP) is 1.73. The summed E-state index contributed by atoms with van der Waals surface area (Å²) < 4.78 is 18.5. The summed E-state index contributed by atoms with van der Waals surface area (Å²) in [5, 5.41) is 0. The van der Waals surface area contributed by atoms with Gasteiger partial charge < -0.3 is 20.3 Å². The second-order valence-corrected chi connectivity index (χ2v) is 8.15. The molecule has 7 heteroatoms. The van der Waals surface area contributed by atoms with Crippen LogP contribution < -0.4 is 10.6 Å². The number of rotatable bonds is 4. The van der Waals surface area contributed by atoms with Gasteiger partial charge in [-0.3, -0.25) is 4.79 Å². The number of nitrogens with zero attached hydrogens (tertiary/aromatic N) is 3. The van der Waals surface area contributed by atoms with Crippen molar-refractivity contribution >= 4 is 11.7 Å². The maximum absolute atomic E-state index is 13.5. The van der Waals surface area contributed by atoms with Gasteiger partial charge >= 0.3 is 0 Å². The molecule has 1 aromatic heterocycles. The normalized spacial score (nSPS) is 31.5. The van der Waals surface area contributed by atoms with Gasteiger partial charge in [0, 0.05) is 45.0 Å². The van der Waals surface area contributed by atoms with Gasteiger partial charge in [0.25, 0.3) is 0 Å². The number of alkyl halides is 1. The molecule has 27 heavy (non-hydrogen) atoms. The molecule has 4 rings (SSSR count). The second kappa shape index (κ2) is 7.72. The van der Waals surface area contributed by atoms with E-state index < -0.39 is 6.67 Å². The van der Waals surface area contributed by atoms with Crippen LogP contribution in [0.4, 0.5) is 10.2 Å². The first kappa shape index (κ1) is 18.6. The van der Waals surface area contributed by atoms with Crippen LogP contribution >= 0.6 is 0 Å². The molecule has 1 saturated carbocycles. The maximum atomic E-state index is 13.5. The van der Waals surface area contributed by atoms with Gasteiger partial charge in [0.15, 0.2) is 0 Å². The van der Waals surface area contributed by atoms with Gasteiger partial charge in [-0.1, -0.05) is 0 Å². The molecule has 2 aliphatic heterocycles. The molecule has 0 aromatic carbocycles. The van der Waals surface area contributed by atoms with Crippen molar-refractivity contribution in [1.82, 2.24) is 9.88 Å². The van der Waals surface area contributed by atoms with Crippen molar-refractivity contribution in [3.8, 4) is 0 Å². The number of hydrogen-bond donors (Lipinski definition) is 1. The Hall–Kier alpha value is -1.73. The number of carbonyl (C=O) groups is 1. The minimum atomic E-state index is -0.486. The Balaban J connectivity index is 1.44. The van der Waals surface area contributed by atoms with E-state index in [4.69, 9.17) is 10.5 Å². The number of hydrogen-bond acceptors (Lipinski definition) is 5. The number of nitrogens with two attached hydrogens (primary N) is 1. The summed E-state index contributed by atoms with van der Waals surface area (Å²) in [5.41, 5.74) is 6.51. The van der Waals surface area contributed by atoms with E-state index in [1.807, 2.05) is 4.90 Å². The van der Waals surface area contributed by atoms with Crippen molar-refractivity contribution in [2.45, 2.75) is 38.4 Å². The number of halogens is 1. The fourth-order valence-electron chi connectivity index (χ4n) is 5.00. The van der Waals surface area contributed by atoms with Crippen LogP contribution in [0.3, 0.4) is 0 Å². The Labute approximate surface area is 159 Å². The molecule has 1 aromatic rings. The number of piperazine rings is 1. The van der Waals surface area contributed by atoms with Crippen LogP contribution in [0.25, 0.3) is 0 Å². The predicted molar refractivity (Wildman–Crippen MR) is 101 cm³/mol. The highest BCUT2D eigenvalue weighted by molar-refractivity contribution is 5.84. The summed E-state index contributed by atoms with van der Waals surface area (Å²) in [6.07, 6.45) is 5.18. The first-order valence-electron chi connectivity index (χ1n) is 10.0. The molecule has 1 amide bonds. The summed E-state index contributed by atoms with van der Waals surface area (Å²) >= 11 is 0. The van der Waals surface area contributed by atoms with E-state index in [9.17, 15) is 9.18 Å². The number of amides is 1. The second-order valence-electron chi connectivity index (χ2n) is 8.15. The lowest BCUT2D eigenvalue weighted by Crippen LogP contribution is -2.55. The topological polar surface area (TPSA) is 71.7 Å². The Kier molecular flexibility index (Phi) is 5.32. The summed E-state index contributed by atoms with van der Waals surface area (Å²) in [6.45, 7) is 3.73. The fourth-order valence-corrected chi connectivity index (χ4v) is 5.00. The number of ether oxygens (including phenoxy) is 1. The third kappa shape index (κ3) is 3.55. The molecule has 0 radical (unpaired) electrons. The molecule has 148 valence electrons. The Morgan fingerprint density at radius 3 is 2.78 bits per heavy atom.